The topological polar surface area (TPSA) is 42.4 Å². The van der Waals surface area contributed by atoms with Crippen molar-refractivity contribution in [2.45, 2.75) is 13.5 Å². The molecule has 0 bridgehead atoms. The lowest BCUT2D eigenvalue weighted by atomic mass is 10.1. The Labute approximate surface area is 119 Å². The molecule has 4 heteroatoms. The lowest BCUT2D eigenvalue weighted by Gasteiger charge is -2.22. The number of nitrogens with zero attached hydrogens (tertiary/aromatic N) is 2. The van der Waals surface area contributed by atoms with E-state index in [9.17, 15) is 4.79 Å². The van der Waals surface area contributed by atoms with E-state index >= 15 is 0 Å². The zero-order valence-electron chi connectivity index (χ0n) is 12.0. The molecule has 0 saturated carbocycles. The van der Waals surface area contributed by atoms with Gasteiger partial charge in [-0.2, -0.15) is 0 Å². The first kappa shape index (κ1) is 14.1. The molecule has 0 spiro atoms. The molecule has 0 unspecified atom stereocenters. The van der Waals surface area contributed by atoms with Crippen LogP contribution >= 0.6 is 0 Å². The van der Waals surface area contributed by atoms with E-state index in [-0.39, 0.29) is 5.97 Å². The highest BCUT2D eigenvalue weighted by Crippen LogP contribution is 2.22. The van der Waals surface area contributed by atoms with Gasteiger partial charge in [0.05, 0.1) is 30.6 Å². The van der Waals surface area contributed by atoms with E-state index in [1.807, 2.05) is 49.2 Å². The number of aryl methyl sites for hydroxylation is 1. The summed E-state index contributed by atoms with van der Waals surface area (Å²) in [6, 6.07) is 11.4. The standard InChI is InChI=1S/C16H18N2O2/c1-12-7-6-10-17-14(12)11-18(2)15-9-5-4-8-13(15)16(19)20-3/h4-10H,11H2,1-3H3. The summed E-state index contributed by atoms with van der Waals surface area (Å²) in [6.45, 7) is 2.67. The largest absolute Gasteiger partial charge is 0.465 e. The molecule has 0 radical (unpaired) electrons. The minimum Gasteiger partial charge on any atom is -0.465 e. The van der Waals surface area contributed by atoms with Gasteiger partial charge in [0, 0.05) is 13.2 Å². The molecule has 0 aliphatic rings. The zero-order valence-corrected chi connectivity index (χ0v) is 12.0. The molecule has 4 nitrogen and oxygen atoms in total. The Bertz CT molecular complexity index is 611. The van der Waals surface area contributed by atoms with E-state index in [1.54, 1.807) is 12.3 Å². The highest BCUT2D eigenvalue weighted by Gasteiger charge is 2.15. The van der Waals surface area contributed by atoms with Crippen LogP contribution in [0.4, 0.5) is 5.69 Å². The van der Waals surface area contributed by atoms with Gasteiger partial charge in [-0.3, -0.25) is 4.98 Å². The summed E-state index contributed by atoms with van der Waals surface area (Å²) in [5.74, 6) is -0.329. The third kappa shape index (κ3) is 2.96. The number of ether oxygens (including phenoxy) is 1. The van der Waals surface area contributed by atoms with E-state index < -0.39 is 0 Å². The Morgan fingerprint density at radius 2 is 2.00 bits per heavy atom. The van der Waals surface area contributed by atoms with Crippen LogP contribution in [0.25, 0.3) is 0 Å². The Balaban J connectivity index is 2.28. The van der Waals surface area contributed by atoms with Gasteiger partial charge in [-0.05, 0) is 30.7 Å². The third-order valence-electron chi connectivity index (χ3n) is 3.23. The maximum atomic E-state index is 11.8. The normalized spacial score (nSPS) is 10.2. The number of para-hydroxylation sites is 1. The SMILES string of the molecule is COC(=O)c1ccccc1N(C)Cc1ncccc1C. The lowest BCUT2D eigenvalue weighted by Crippen LogP contribution is -2.21. The van der Waals surface area contributed by atoms with Crippen LogP contribution in [0, 0.1) is 6.92 Å². The Morgan fingerprint density at radius 3 is 2.70 bits per heavy atom. The number of methoxy groups -OCH3 is 1. The average Bonchev–Trinajstić information content (AvgIpc) is 2.48. The molecule has 0 aliphatic heterocycles. The molecular formula is C16H18N2O2. The van der Waals surface area contributed by atoms with Gasteiger partial charge in [-0.1, -0.05) is 18.2 Å². The molecule has 0 atom stereocenters. The van der Waals surface area contributed by atoms with Crippen molar-refractivity contribution in [3.63, 3.8) is 0 Å². The zero-order chi connectivity index (χ0) is 14.5. The number of pyridine rings is 1. The van der Waals surface area contributed by atoms with Crippen molar-refractivity contribution < 1.29 is 9.53 Å². The molecule has 20 heavy (non-hydrogen) atoms. The van der Waals surface area contributed by atoms with Gasteiger partial charge in [0.1, 0.15) is 0 Å². The predicted octanol–water partition coefficient (Wildman–Crippen LogP) is 2.81. The van der Waals surface area contributed by atoms with Crippen LogP contribution in [0.15, 0.2) is 42.6 Å². The number of hydrogen-bond acceptors (Lipinski definition) is 4. The smallest absolute Gasteiger partial charge is 0.339 e. The number of esters is 1. The fraction of sp³-hybridized carbons (Fsp3) is 0.250. The van der Waals surface area contributed by atoms with Crippen molar-refractivity contribution in [2.24, 2.45) is 0 Å². The maximum absolute atomic E-state index is 11.8. The fourth-order valence-electron chi connectivity index (χ4n) is 2.08. The molecule has 2 aromatic rings. The summed E-state index contributed by atoms with van der Waals surface area (Å²) < 4.78 is 4.82. The number of hydrogen-bond donors (Lipinski definition) is 0. The first-order valence-electron chi connectivity index (χ1n) is 6.42. The number of anilines is 1. The minimum atomic E-state index is -0.329. The van der Waals surface area contributed by atoms with Crippen LogP contribution in [0.2, 0.25) is 0 Å². The molecule has 0 saturated heterocycles. The van der Waals surface area contributed by atoms with Crippen LogP contribution in [0.5, 0.6) is 0 Å². The lowest BCUT2D eigenvalue weighted by molar-refractivity contribution is 0.0601. The van der Waals surface area contributed by atoms with Crippen molar-refractivity contribution in [3.8, 4) is 0 Å². The van der Waals surface area contributed by atoms with E-state index in [2.05, 4.69) is 4.98 Å². The monoisotopic (exact) mass is 270 g/mol. The van der Waals surface area contributed by atoms with Gasteiger partial charge in [-0.25, -0.2) is 4.79 Å². The van der Waals surface area contributed by atoms with E-state index in [1.165, 1.54) is 7.11 Å². The molecule has 1 aromatic carbocycles. The number of carbonyl (C=O) groups is 1. The Kier molecular flexibility index (Phi) is 4.35. The first-order valence-corrected chi connectivity index (χ1v) is 6.42. The van der Waals surface area contributed by atoms with Crippen LogP contribution in [-0.4, -0.2) is 25.1 Å². The molecule has 1 heterocycles. The summed E-state index contributed by atoms with van der Waals surface area (Å²) in [5, 5.41) is 0. The summed E-state index contributed by atoms with van der Waals surface area (Å²) in [5.41, 5.74) is 3.53. The molecule has 104 valence electrons. The van der Waals surface area contributed by atoms with Crippen molar-refractivity contribution in [2.75, 3.05) is 19.1 Å². The highest BCUT2D eigenvalue weighted by molar-refractivity contribution is 5.95. The van der Waals surface area contributed by atoms with Crippen LogP contribution in [0.1, 0.15) is 21.6 Å². The molecule has 0 aliphatic carbocycles. The third-order valence-corrected chi connectivity index (χ3v) is 3.23. The van der Waals surface area contributed by atoms with Gasteiger partial charge in [0.2, 0.25) is 0 Å². The number of benzene rings is 1. The highest BCUT2D eigenvalue weighted by atomic mass is 16.5. The summed E-state index contributed by atoms with van der Waals surface area (Å²) in [6.07, 6.45) is 1.78. The molecule has 2 rings (SSSR count). The average molecular weight is 270 g/mol. The second-order valence-electron chi connectivity index (χ2n) is 4.63. The quantitative estimate of drug-likeness (QED) is 0.801. The van der Waals surface area contributed by atoms with Crippen molar-refractivity contribution in [1.82, 2.24) is 4.98 Å². The van der Waals surface area contributed by atoms with Crippen molar-refractivity contribution in [1.29, 1.82) is 0 Å². The van der Waals surface area contributed by atoms with Gasteiger partial charge < -0.3 is 9.64 Å². The number of rotatable bonds is 4. The van der Waals surface area contributed by atoms with Crippen molar-refractivity contribution in [3.05, 3.63) is 59.4 Å². The number of carbonyl (C=O) groups excluding carboxylic acids is 1. The summed E-state index contributed by atoms with van der Waals surface area (Å²) >= 11 is 0. The molecule has 0 N–H and O–H groups in total. The van der Waals surface area contributed by atoms with Crippen molar-refractivity contribution >= 4 is 11.7 Å². The van der Waals surface area contributed by atoms with Crippen LogP contribution in [-0.2, 0) is 11.3 Å². The molecule has 0 fully saturated rings. The Morgan fingerprint density at radius 1 is 1.25 bits per heavy atom. The second kappa shape index (κ2) is 6.19. The molecular weight excluding hydrogens is 252 g/mol. The molecule has 0 amide bonds. The van der Waals surface area contributed by atoms with Crippen LogP contribution in [0.3, 0.4) is 0 Å². The second-order valence-corrected chi connectivity index (χ2v) is 4.63. The maximum Gasteiger partial charge on any atom is 0.339 e. The predicted molar refractivity (Wildman–Crippen MR) is 78.9 cm³/mol. The summed E-state index contributed by atoms with van der Waals surface area (Å²) in [7, 11) is 3.33. The van der Waals surface area contributed by atoms with Gasteiger partial charge in [0.15, 0.2) is 0 Å². The van der Waals surface area contributed by atoms with Gasteiger partial charge in [-0.15, -0.1) is 0 Å². The molecule has 1 aromatic heterocycles. The van der Waals surface area contributed by atoms with Gasteiger partial charge in [0.25, 0.3) is 0 Å². The minimum absolute atomic E-state index is 0.329. The number of aromatic nitrogens is 1. The fourth-order valence-corrected chi connectivity index (χ4v) is 2.08. The van der Waals surface area contributed by atoms with Gasteiger partial charge >= 0.3 is 5.97 Å². The van der Waals surface area contributed by atoms with E-state index in [0.717, 1.165) is 16.9 Å². The Hall–Kier alpha value is -2.36. The van der Waals surface area contributed by atoms with E-state index in [0.29, 0.717) is 12.1 Å². The van der Waals surface area contributed by atoms with Crippen LogP contribution < -0.4 is 4.90 Å². The summed E-state index contributed by atoms with van der Waals surface area (Å²) in [4.78, 5) is 18.2. The first-order chi connectivity index (χ1) is 9.63. The van der Waals surface area contributed by atoms with E-state index in [4.69, 9.17) is 4.74 Å².